The maximum absolute atomic E-state index is 12.6. The van der Waals surface area contributed by atoms with Crippen LogP contribution in [0.2, 0.25) is 0 Å². The van der Waals surface area contributed by atoms with Crippen LogP contribution in [0.1, 0.15) is 27.9 Å². The highest BCUT2D eigenvalue weighted by Gasteiger charge is 2.15. The zero-order valence-electron chi connectivity index (χ0n) is 13.0. The maximum atomic E-state index is 12.6. The van der Waals surface area contributed by atoms with Gasteiger partial charge in [0.2, 0.25) is 0 Å². The first-order valence-corrected chi connectivity index (χ1v) is 8.71. The number of ketones is 1. The molecule has 1 aliphatic rings. The van der Waals surface area contributed by atoms with Crippen molar-refractivity contribution in [2.75, 3.05) is 0 Å². The quantitative estimate of drug-likeness (QED) is 0.651. The van der Waals surface area contributed by atoms with Crippen molar-refractivity contribution in [3.63, 3.8) is 0 Å². The van der Waals surface area contributed by atoms with E-state index in [-0.39, 0.29) is 17.9 Å². The van der Waals surface area contributed by atoms with Gasteiger partial charge in [0.15, 0.2) is 5.78 Å². The van der Waals surface area contributed by atoms with Crippen LogP contribution in [0.4, 0.5) is 0 Å². The zero-order chi connectivity index (χ0) is 16.7. The lowest BCUT2D eigenvalue weighted by atomic mass is 10.0. The molecule has 0 aliphatic heterocycles. The smallest absolute Gasteiger partial charge is 0.261 e. The number of carbonyl (C=O) groups excluding carboxylic acids is 1. The van der Waals surface area contributed by atoms with E-state index in [9.17, 15) is 9.59 Å². The van der Waals surface area contributed by atoms with Crippen LogP contribution in [-0.2, 0) is 19.4 Å². The van der Waals surface area contributed by atoms with E-state index >= 15 is 0 Å². The minimum absolute atomic E-state index is 0.00702. The van der Waals surface area contributed by atoms with E-state index in [1.54, 1.807) is 12.1 Å². The van der Waals surface area contributed by atoms with Crippen LogP contribution in [0.5, 0.6) is 0 Å². The molecule has 24 heavy (non-hydrogen) atoms. The summed E-state index contributed by atoms with van der Waals surface area (Å²) in [6.07, 6.45) is 4.72. The number of aromatic nitrogens is 2. The molecule has 4 rings (SSSR count). The molecule has 5 heteroatoms. The summed E-state index contributed by atoms with van der Waals surface area (Å²) in [7, 11) is 0. The second-order valence-electron chi connectivity index (χ2n) is 6.10. The molecule has 1 heterocycles. The number of aryl methyl sites for hydroxylation is 2. The molecule has 0 atom stereocenters. The van der Waals surface area contributed by atoms with Gasteiger partial charge in [-0.15, -0.1) is 0 Å². The Morgan fingerprint density at radius 2 is 1.96 bits per heavy atom. The van der Waals surface area contributed by atoms with Crippen molar-refractivity contribution in [2.45, 2.75) is 25.8 Å². The fourth-order valence-corrected chi connectivity index (χ4v) is 3.60. The molecule has 0 saturated carbocycles. The van der Waals surface area contributed by atoms with E-state index in [1.807, 2.05) is 24.3 Å². The fraction of sp³-hybridized carbons (Fsp3) is 0.211. The van der Waals surface area contributed by atoms with E-state index in [4.69, 9.17) is 0 Å². The third-order valence-corrected chi connectivity index (χ3v) is 5.01. The Hall–Kier alpha value is -2.27. The number of hydrogen-bond donors (Lipinski definition) is 0. The van der Waals surface area contributed by atoms with Gasteiger partial charge in [0.1, 0.15) is 0 Å². The lowest BCUT2D eigenvalue weighted by Gasteiger charge is -2.08. The Balaban J connectivity index is 1.67. The van der Waals surface area contributed by atoms with Crippen LogP contribution in [0.3, 0.4) is 0 Å². The van der Waals surface area contributed by atoms with E-state index in [0.29, 0.717) is 16.5 Å². The summed E-state index contributed by atoms with van der Waals surface area (Å²) in [6.45, 7) is 0.00702. The highest BCUT2D eigenvalue weighted by Crippen LogP contribution is 2.23. The van der Waals surface area contributed by atoms with Crippen LogP contribution in [0, 0.1) is 0 Å². The minimum atomic E-state index is -0.198. The molecule has 1 aromatic heterocycles. The van der Waals surface area contributed by atoms with Gasteiger partial charge in [-0.1, -0.05) is 28.1 Å². The standard InChI is InChI=1S/C19H15BrN2O2/c20-15-6-7-17-16(9-15)19(24)22(11-21-17)10-18(23)14-5-4-12-2-1-3-13(12)8-14/h4-9,11H,1-3,10H2. The third-order valence-electron chi connectivity index (χ3n) is 4.52. The summed E-state index contributed by atoms with van der Waals surface area (Å²) in [5.41, 5.74) is 3.69. The number of carbonyl (C=O) groups is 1. The van der Waals surface area contributed by atoms with Crippen molar-refractivity contribution >= 4 is 32.6 Å². The largest absolute Gasteiger partial charge is 0.292 e. The Kier molecular flexibility index (Phi) is 3.81. The number of halogens is 1. The number of benzene rings is 2. The van der Waals surface area contributed by atoms with Crippen molar-refractivity contribution in [2.24, 2.45) is 0 Å². The van der Waals surface area contributed by atoms with Gasteiger partial charge in [-0.2, -0.15) is 0 Å². The van der Waals surface area contributed by atoms with E-state index in [0.717, 1.165) is 23.7 Å². The van der Waals surface area contributed by atoms with E-state index in [1.165, 1.54) is 22.0 Å². The molecular formula is C19H15BrN2O2. The van der Waals surface area contributed by atoms with Crippen molar-refractivity contribution in [1.82, 2.24) is 9.55 Å². The van der Waals surface area contributed by atoms with Gasteiger partial charge >= 0.3 is 0 Å². The Bertz CT molecular complexity index is 1020. The molecule has 0 spiro atoms. The minimum Gasteiger partial charge on any atom is -0.292 e. The summed E-state index contributed by atoms with van der Waals surface area (Å²) < 4.78 is 2.20. The second kappa shape index (κ2) is 5.98. The maximum Gasteiger partial charge on any atom is 0.261 e. The molecule has 0 unspecified atom stereocenters. The molecule has 0 amide bonds. The Labute approximate surface area is 147 Å². The van der Waals surface area contributed by atoms with Gasteiger partial charge in [0.05, 0.1) is 23.8 Å². The molecule has 0 saturated heterocycles. The summed E-state index contributed by atoms with van der Waals surface area (Å²) in [6, 6.07) is 11.2. The number of fused-ring (bicyclic) bond motifs is 2. The third kappa shape index (κ3) is 2.69. The summed E-state index contributed by atoms with van der Waals surface area (Å²) in [4.78, 5) is 29.4. The summed E-state index contributed by atoms with van der Waals surface area (Å²) in [5, 5.41) is 0.508. The van der Waals surface area contributed by atoms with Gasteiger partial charge in [-0.3, -0.25) is 14.2 Å². The van der Waals surface area contributed by atoms with Gasteiger partial charge < -0.3 is 0 Å². The molecule has 0 radical (unpaired) electrons. The molecule has 0 N–H and O–H groups in total. The van der Waals surface area contributed by atoms with Crippen LogP contribution in [0.25, 0.3) is 10.9 Å². The topological polar surface area (TPSA) is 52.0 Å². The van der Waals surface area contributed by atoms with Crippen LogP contribution in [-0.4, -0.2) is 15.3 Å². The first-order valence-electron chi connectivity index (χ1n) is 7.91. The number of Topliss-reactive ketones (excluding diaryl/α,β-unsaturated/α-hetero) is 1. The van der Waals surface area contributed by atoms with Crippen LogP contribution >= 0.6 is 15.9 Å². The Morgan fingerprint density at radius 3 is 2.83 bits per heavy atom. The van der Waals surface area contributed by atoms with Crippen molar-refractivity contribution in [1.29, 1.82) is 0 Å². The summed E-state index contributed by atoms with van der Waals surface area (Å²) >= 11 is 3.36. The van der Waals surface area contributed by atoms with Crippen LogP contribution in [0.15, 0.2) is 52.0 Å². The predicted molar refractivity (Wildman–Crippen MR) is 96.5 cm³/mol. The zero-order valence-corrected chi connectivity index (χ0v) is 14.5. The molecule has 1 aliphatic carbocycles. The molecule has 0 fully saturated rings. The van der Waals surface area contributed by atoms with Gasteiger partial charge in [0, 0.05) is 10.0 Å². The van der Waals surface area contributed by atoms with Gasteiger partial charge in [-0.05, 0) is 54.7 Å². The number of nitrogens with zero attached hydrogens (tertiary/aromatic N) is 2. The first kappa shape index (κ1) is 15.3. The predicted octanol–water partition coefficient (Wildman–Crippen LogP) is 3.53. The lowest BCUT2D eigenvalue weighted by Crippen LogP contribution is -2.24. The fourth-order valence-electron chi connectivity index (χ4n) is 3.24. The van der Waals surface area contributed by atoms with E-state index in [2.05, 4.69) is 20.9 Å². The number of hydrogen-bond acceptors (Lipinski definition) is 3. The SMILES string of the molecule is O=C(Cn1cnc2ccc(Br)cc2c1=O)c1ccc2c(c1)CCC2. The highest BCUT2D eigenvalue weighted by atomic mass is 79.9. The van der Waals surface area contributed by atoms with Crippen molar-refractivity contribution in [3.8, 4) is 0 Å². The molecule has 3 aromatic rings. The van der Waals surface area contributed by atoms with Gasteiger partial charge in [-0.25, -0.2) is 4.98 Å². The monoisotopic (exact) mass is 382 g/mol. The summed E-state index contributed by atoms with van der Waals surface area (Å²) in [5.74, 6) is -0.0667. The lowest BCUT2D eigenvalue weighted by molar-refractivity contribution is 0.0970. The normalized spacial score (nSPS) is 13.2. The average molecular weight is 383 g/mol. The Morgan fingerprint density at radius 1 is 1.12 bits per heavy atom. The average Bonchev–Trinajstić information content (AvgIpc) is 3.05. The second-order valence-corrected chi connectivity index (χ2v) is 7.01. The number of rotatable bonds is 3. The molecular weight excluding hydrogens is 368 g/mol. The highest BCUT2D eigenvalue weighted by molar-refractivity contribution is 9.10. The van der Waals surface area contributed by atoms with E-state index < -0.39 is 0 Å². The molecule has 2 aromatic carbocycles. The van der Waals surface area contributed by atoms with Crippen molar-refractivity contribution < 1.29 is 4.79 Å². The van der Waals surface area contributed by atoms with Crippen LogP contribution < -0.4 is 5.56 Å². The molecule has 0 bridgehead atoms. The molecule has 4 nitrogen and oxygen atoms in total. The molecule has 120 valence electrons. The van der Waals surface area contributed by atoms with Crippen molar-refractivity contribution in [3.05, 3.63) is 74.2 Å². The first-order chi connectivity index (χ1) is 11.6. The van der Waals surface area contributed by atoms with Gasteiger partial charge in [0.25, 0.3) is 5.56 Å².